The highest BCUT2D eigenvalue weighted by molar-refractivity contribution is 5.96. The Kier molecular flexibility index (Phi) is 4.42. The van der Waals surface area contributed by atoms with Crippen LogP contribution in [-0.2, 0) is 16.0 Å². The van der Waals surface area contributed by atoms with E-state index in [4.69, 9.17) is 9.47 Å². The number of esters is 2. The molecule has 0 bridgehead atoms. The van der Waals surface area contributed by atoms with Crippen LogP contribution in [-0.4, -0.2) is 30.7 Å². The zero-order valence-corrected chi connectivity index (χ0v) is 12.3. The van der Waals surface area contributed by atoms with E-state index >= 15 is 0 Å². The molecule has 0 aliphatic rings. The fourth-order valence-corrected chi connectivity index (χ4v) is 2.21. The van der Waals surface area contributed by atoms with Crippen molar-refractivity contribution in [3.8, 4) is 0 Å². The summed E-state index contributed by atoms with van der Waals surface area (Å²) in [5, 5.41) is 0. The van der Waals surface area contributed by atoms with Crippen molar-refractivity contribution in [3.05, 3.63) is 58.9 Å². The normalized spacial score (nSPS) is 10.2. The molecule has 1 aromatic heterocycles. The van der Waals surface area contributed by atoms with Gasteiger partial charge in [0.15, 0.2) is 0 Å². The van der Waals surface area contributed by atoms with Crippen molar-refractivity contribution in [1.82, 2.24) is 4.57 Å². The molecule has 1 aromatic carbocycles. The topological polar surface area (TPSA) is 57.5 Å². The van der Waals surface area contributed by atoms with Crippen LogP contribution in [0.15, 0.2) is 36.4 Å². The van der Waals surface area contributed by atoms with Gasteiger partial charge in [-0.25, -0.2) is 9.59 Å². The van der Waals surface area contributed by atoms with Gasteiger partial charge in [0.05, 0.1) is 19.8 Å². The lowest BCUT2D eigenvalue weighted by atomic mass is 10.2. The van der Waals surface area contributed by atoms with Gasteiger partial charge in [-0.2, -0.15) is 0 Å². The first-order chi connectivity index (χ1) is 10.1. The van der Waals surface area contributed by atoms with Crippen LogP contribution in [0.3, 0.4) is 0 Å². The van der Waals surface area contributed by atoms with E-state index in [1.807, 2.05) is 30.3 Å². The predicted molar refractivity (Wildman–Crippen MR) is 77.4 cm³/mol. The zero-order chi connectivity index (χ0) is 15.4. The summed E-state index contributed by atoms with van der Waals surface area (Å²) in [6.45, 7) is 2.26. The van der Waals surface area contributed by atoms with Gasteiger partial charge in [-0.1, -0.05) is 30.3 Å². The molecule has 1 heterocycles. The Morgan fingerprint density at radius 1 is 1.05 bits per heavy atom. The van der Waals surface area contributed by atoms with Crippen LogP contribution in [0.1, 0.15) is 32.1 Å². The fraction of sp³-hybridized carbons (Fsp3) is 0.250. The van der Waals surface area contributed by atoms with Gasteiger partial charge in [-0.05, 0) is 18.6 Å². The maximum Gasteiger partial charge on any atom is 0.354 e. The third kappa shape index (κ3) is 2.97. The minimum Gasteiger partial charge on any atom is -0.465 e. The number of rotatable bonds is 4. The number of aromatic nitrogens is 1. The largest absolute Gasteiger partial charge is 0.465 e. The predicted octanol–water partition coefficient (Wildman–Crippen LogP) is 2.42. The van der Waals surface area contributed by atoms with E-state index < -0.39 is 11.9 Å². The summed E-state index contributed by atoms with van der Waals surface area (Å²) < 4.78 is 11.3. The number of hydrogen-bond acceptors (Lipinski definition) is 4. The number of carbonyl (C=O) groups is 2. The molecule has 2 aromatic rings. The second-order valence-corrected chi connectivity index (χ2v) is 4.58. The first kappa shape index (κ1) is 14.8. The standard InChI is InChI=1S/C16H17NO4/c1-11-13(15(18)20-2)9-14(16(19)21-3)17(11)10-12-7-5-4-6-8-12/h4-9H,10H2,1-3H3. The smallest absolute Gasteiger partial charge is 0.354 e. The summed E-state index contributed by atoms with van der Waals surface area (Å²) in [7, 11) is 2.63. The van der Waals surface area contributed by atoms with Crippen molar-refractivity contribution in [2.75, 3.05) is 14.2 Å². The molecule has 0 atom stereocenters. The number of ether oxygens (including phenoxy) is 2. The summed E-state index contributed by atoms with van der Waals surface area (Å²) in [6.07, 6.45) is 0. The highest BCUT2D eigenvalue weighted by Gasteiger charge is 2.22. The van der Waals surface area contributed by atoms with E-state index in [0.717, 1.165) is 5.56 Å². The van der Waals surface area contributed by atoms with E-state index in [1.165, 1.54) is 20.3 Å². The van der Waals surface area contributed by atoms with E-state index in [1.54, 1.807) is 11.5 Å². The van der Waals surface area contributed by atoms with Crippen molar-refractivity contribution < 1.29 is 19.1 Å². The molecule has 0 unspecified atom stereocenters. The van der Waals surface area contributed by atoms with Gasteiger partial charge in [0.25, 0.3) is 0 Å². The molecule has 0 radical (unpaired) electrons. The Morgan fingerprint density at radius 2 is 1.67 bits per heavy atom. The van der Waals surface area contributed by atoms with Gasteiger partial charge in [-0.3, -0.25) is 0 Å². The molecule has 0 fully saturated rings. The van der Waals surface area contributed by atoms with E-state index in [0.29, 0.717) is 23.5 Å². The minimum atomic E-state index is -0.482. The van der Waals surface area contributed by atoms with Gasteiger partial charge in [-0.15, -0.1) is 0 Å². The van der Waals surface area contributed by atoms with Crippen molar-refractivity contribution >= 4 is 11.9 Å². The summed E-state index contributed by atoms with van der Waals surface area (Å²) >= 11 is 0. The van der Waals surface area contributed by atoms with Crippen LogP contribution in [0.4, 0.5) is 0 Å². The molecule has 0 spiro atoms. The molecule has 2 rings (SSSR count). The average Bonchev–Trinajstić information content (AvgIpc) is 2.84. The second-order valence-electron chi connectivity index (χ2n) is 4.58. The number of hydrogen-bond donors (Lipinski definition) is 0. The molecule has 0 aliphatic carbocycles. The summed E-state index contributed by atoms with van der Waals surface area (Å²) in [5.41, 5.74) is 2.40. The minimum absolute atomic E-state index is 0.333. The lowest BCUT2D eigenvalue weighted by molar-refractivity contribution is 0.0587. The van der Waals surface area contributed by atoms with Crippen molar-refractivity contribution in [2.24, 2.45) is 0 Å². The van der Waals surface area contributed by atoms with Crippen LogP contribution in [0.5, 0.6) is 0 Å². The van der Waals surface area contributed by atoms with Crippen LogP contribution < -0.4 is 0 Å². The van der Waals surface area contributed by atoms with Gasteiger partial charge in [0.1, 0.15) is 5.69 Å². The molecule has 0 N–H and O–H groups in total. The van der Waals surface area contributed by atoms with Crippen molar-refractivity contribution in [2.45, 2.75) is 13.5 Å². The van der Waals surface area contributed by atoms with E-state index in [2.05, 4.69) is 0 Å². The number of nitrogens with zero attached hydrogens (tertiary/aromatic N) is 1. The summed E-state index contributed by atoms with van der Waals surface area (Å²) in [4.78, 5) is 23.7. The Bertz CT molecular complexity index is 658. The first-order valence-electron chi connectivity index (χ1n) is 6.49. The van der Waals surface area contributed by atoms with Crippen LogP contribution in [0.2, 0.25) is 0 Å². The summed E-state index contributed by atoms with van der Waals surface area (Å²) in [5.74, 6) is -0.950. The maximum atomic E-state index is 11.9. The van der Waals surface area contributed by atoms with Crippen molar-refractivity contribution in [1.29, 1.82) is 0 Å². The van der Waals surface area contributed by atoms with Crippen LogP contribution in [0.25, 0.3) is 0 Å². The molecular weight excluding hydrogens is 270 g/mol. The molecule has 5 nitrogen and oxygen atoms in total. The lowest BCUT2D eigenvalue weighted by Crippen LogP contribution is -2.12. The third-order valence-electron chi connectivity index (χ3n) is 3.35. The molecule has 0 saturated carbocycles. The maximum absolute atomic E-state index is 11.9. The van der Waals surface area contributed by atoms with Crippen LogP contribution in [0, 0.1) is 6.92 Å². The van der Waals surface area contributed by atoms with E-state index in [9.17, 15) is 9.59 Å². The van der Waals surface area contributed by atoms with Gasteiger partial charge in [0.2, 0.25) is 0 Å². The Morgan fingerprint density at radius 3 is 2.24 bits per heavy atom. The third-order valence-corrected chi connectivity index (χ3v) is 3.35. The Balaban J connectivity index is 2.49. The Hall–Kier alpha value is -2.56. The lowest BCUT2D eigenvalue weighted by Gasteiger charge is -2.10. The number of methoxy groups -OCH3 is 2. The SMILES string of the molecule is COC(=O)c1cc(C(=O)OC)n(Cc2ccccc2)c1C. The fourth-order valence-electron chi connectivity index (χ4n) is 2.21. The molecule has 110 valence electrons. The highest BCUT2D eigenvalue weighted by atomic mass is 16.5. The monoisotopic (exact) mass is 287 g/mol. The quantitative estimate of drug-likeness (QED) is 0.810. The average molecular weight is 287 g/mol. The van der Waals surface area contributed by atoms with Gasteiger partial charge < -0.3 is 14.0 Å². The second kappa shape index (κ2) is 6.26. The number of carbonyl (C=O) groups excluding carboxylic acids is 2. The first-order valence-corrected chi connectivity index (χ1v) is 6.49. The number of benzene rings is 1. The molecule has 0 aliphatic heterocycles. The van der Waals surface area contributed by atoms with Crippen LogP contribution >= 0.6 is 0 Å². The van der Waals surface area contributed by atoms with Gasteiger partial charge >= 0.3 is 11.9 Å². The van der Waals surface area contributed by atoms with E-state index in [-0.39, 0.29) is 0 Å². The Labute approximate surface area is 123 Å². The highest BCUT2D eigenvalue weighted by Crippen LogP contribution is 2.19. The van der Waals surface area contributed by atoms with Gasteiger partial charge in [0, 0.05) is 12.2 Å². The molecule has 21 heavy (non-hydrogen) atoms. The molecule has 0 amide bonds. The summed E-state index contributed by atoms with van der Waals surface area (Å²) in [6, 6.07) is 11.2. The van der Waals surface area contributed by atoms with Crippen molar-refractivity contribution in [3.63, 3.8) is 0 Å². The molecule has 0 saturated heterocycles. The molecular formula is C16H17NO4. The zero-order valence-electron chi connectivity index (χ0n) is 12.3. The molecule has 5 heteroatoms.